The van der Waals surface area contributed by atoms with Crippen molar-refractivity contribution in [1.82, 2.24) is 0 Å². The minimum absolute atomic E-state index is 0.201. The molecule has 0 bridgehead atoms. The van der Waals surface area contributed by atoms with Crippen LogP contribution in [0.1, 0.15) is 13.3 Å². The minimum Gasteiger partial charge on any atom is -0.490 e. The highest BCUT2D eigenvalue weighted by Crippen LogP contribution is 2.26. The molecule has 0 radical (unpaired) electrons. The number of hydrogen-bond donors (Lipinski definition) is 0. The zero-order chi connectivity index (χ0) is 11.8. The van der Waals surface area contributed by atoms with Crippen LogP contribution < -0.4 is 9.47 Å². The normalized spacial score (nSPS) is 9.69. The predicted molar refractivity (Wildman–Crippen MR) is 67.5 cm³/mol. The van der Waals surface area contributed by atoms with E-state index in [1.165, 1.54) is 0 Å². The molecule has 0 heterocycles. The lowest BCUT2D eigenvalue weighted by molar-refractivity contribution is 0.284. The number of para-hydroxylation sites is 2. The van der Waals surface area contributed by atoms with Crippen molar-refractivity contribution in [1.29, 1.82) is 0 Å². The molecule has 4 heteroatoms. The number of benzene rings is 1. The Labute approximate surface area is 106 Å². The monoisotopic (exact) mass is 260 g/mol. The van der Waals surface area contributed by atoms with E-state index in [4.69, 9.17) is 32.7 Å². The Morgan fingerprint density at radius 2 is 1.81 bits per heavy atom. The smallest absolute Gasteiger partial charge is 0.161 e. The number of halogens is 2. The molecule has 0 atom stereocenters. The summed E-state index contributed by atoms with van der Waals surface area (Å²) < 4.78 is 11.2. The van der Waals surface area contributed by atoms with E-state index in [0.717, 1.165) is 12.2 Å². The summed E-state index contributed by atoms with van der Waals surface area (Å²) in [6.07, 6.45) is 2.54. The summed E-state index contributed by atoms with van der Waals surface area (Å²) in [5.41, 5.74) is 0. The third kappa shape index (κ3) is 4.77. The summed E-state index contributed by atoms with van der Waals surface area (Å²) in [4.78, 5) is 0. The first-order chi connectivity index (χ1) is 7.74. The van der Waals surface area contributed by atoms with E-state index in [0.29, 0.717) is 19.0 Å². The zero-order valence-corrected chi connectivity index (χ0v) is 10.6. The van der Waals surface area contributed by atoms with E-state index >= 15 is 0 Å². The molecule has 88 valence electrons. The van der Waals surface area contributed by atoms with Crippen molar-refractivity contribution in [3.8, 4) is 11.5 Å². The third-order valence-corrected chi connectivity index (χ3v) is 2.10. The van der Waals surface area contributed by atoms with Crippen molar-refractivity contribution in [3.05, 3.63) is 34.8 Å². The van der Waals surface area contributed by atoms with Gasteiger partial charge in [0.05, 0.1) is 6.61 Å². The topological polar surface area (TPSA) is 18.5 Å². The highest BCUT2D eigenvalue weighted by molar-refractivity contribution is 6.55. The van der Waals surface area contributed by atoms with E-state index in [-0.39, 0.29) is 4.49 Å². The predicted octanol–water partition coefficient (Wildman–Crippen LogP) is 4.17. The Hall–Kier alpha value is -0.860. The van der Waals surface area contributed by atoms with Gasteiger partial charge in [0.25, 0.3) is 0 Å². The van der Waals surface area contributed by atoms with Crippen LogP contribution in [-0.4, -0.2) is 13.2 Å². The molecule has 1 aromatic rings. The Bertz CT molecular complexity index is 347. The van der Waals surface area contributed by atoms with Crippen molar-refractivity contribution >= 4 is 23.2 Å². The van der Waals surface area contributed by atoms with Crippen molar-refractivity contribution in [3.63, 3.8) is 0 Å². The van der Waals surface area contributed by atoms with E-state index in [9.17, 15) is 0 Å². The molecule has 0 fully saturated rings. The van der Waals surface area contributed by atoms with E-state index in [1.807, 2.05) is 24.3 Å². The van der Waals surface area contributed by atoms with Crippen LogP contribution in [0.25, 0.3) is 0 Å². The third-order valence-electron chi connectivity index (χ3n) is 1.79. The maximum Gasteiger partial charge on any atom is 0.161 e. The fraction of sp³-hybridized carbons (Fsp3) is 0.333. The van der Waals surface area contributed by atoms with E-state index in [1.54, 1.807) is 6.08 Å². The van der Waals surface area contributed by atoms with Gasteiger partial charge in [0.1, 0.15) is 11.1 Å². The van der Waals surface area contributed by atoms with Gasteiger partial charge in [-0.05, 0) is 24.6 Å². The van der Waals surface area contributed by atoms with E-state index in [2.05, 4.69) is 6.92 Å². The van der Waals surface area contributed by atoms with E-state index < -0.39 is 0 Å². The van der Waals surface area contributed by atoms with Gasteiger partial charge in [-0.15, -0.1) is 0 Å². The van der Waals surface area contributed by atoms with Crippen LogP contribution in [0.3, 0.4) is 0 Å². The highest BCUT2D eigenvalue weighted by atomic mass is 35.5. The summed E-state index contributed by atoms with van der Waals surface area (Å²) >= 11 is 11.0. The number of hydrogen-bond acceptors (Lipinski definition) is 2. The lowest BCUT2D eigenvalue weighted by atomic mass is 10.3. The first kappa shape index (κ1) is 13.2. The largest absolute Gasteiger partial charge is 0.490 e. The first-order valence-electron chi connectivity index (χ1n) is 5.09. The molecule has 0 aliphatic heterocycles. The summed E-state index contributed by atoms with van der Waals surface area (Å²) in [6.45, 7) is 3.06. The molecule has 0 aliphatic rings. The Kier molecular flexibility index (Phi) is 6.12. The standard InChI is InChI=1S/C12H14Cl2O2/c1-2-8-15-10-5-3-4-6-11(10)16-9-7-12(13)14/h3-7H,2,8-9H2,1H3. The molecule has 0 aromatic heterocycles. The fourth-order valence-electron chi connectivity index (χ4n) is 1.10. The molecule has 0 N–H and O–H groups in total. The lowest BCUT2D eigenvalue weighted by Gasteiger charge is -2.10. The van der Waals surface area contributed by atoms with Crippen LogP contribution in [0.4, 0.5) is 0 Å². The summed E-state index contributed by atoms with van der Waals surface area (Å²) in [5.74, 6) is 1.44. The number of ether oxygens (including phenoxy) is 2. The van der Waals surface area contributed by atoms with Gasteiger partial charge in [0.15, 0.2) is 11.5 Å². The first-order valence-corrected chi connectivity index (χ1v) is 5.85. The average Bonchev–Trinajstić information content (AvgIpc) is 2.27. The van der Waals surface area contributed by atoms with Gasteiger partial charge < -0.3 is 9.47 Å². The molecule has 0 unspecified atom stereocenters. The Morgan fingerprint density at radius 3 is 2.38 bits per heavy atom. The van der Waals surface area contributed by atoms with Crippen LogP contribution in [0, 0.1) is 0 Å². The van der Waals surface area contributed by atoms with Gasteiger partial charge in [-0.1, -0.05) is 42.3 Å². The minimum atomic E-state index is 0.201. The molecular weight excluding hydrogens is 247 g/mol. The molecule has 0 spiro atoms. The van der Waals surface area contributed by atoms with Crippen LogP contribution >= 0.6 is 23.2 Å². The second-order valence-corrected chi connectivity index (χ2v) is 4.11. The molecule has 0 amide bonds. The molecule has 1 rings (SSSR count). The van der Waals surface area contributed by atoms with Crippen LogP contribution in [0.5, 0.6) is 11.5 Å². The van der Waals surface area contributed by atoms with Crippen molar-refractivity contribution in [2.24, 2.45) is 0 Å². The quantitative estimate of drug-likeness (QED) is 0.765. The molecule has 0 aliphatic carbocycles. The lowest BCUT2D eigenvalue weighted by Crippen LogP contribution is -2.00. The van der Waals surface area contributed by atoms with Gasteiger partial charge in [-0.25, -0.2) is 0 Å². The van der Waals surface area contributed by atoms with Gasteiger partial charge in [-0.2, -0.15) is 0 Å². The molecule has 2 nitrogen and oxygen atoms in total. The average molecular weight is 261 g/mol. The van der Waals surface area contributed by atoms with Gasteiger partial charge >= 0.3 is 0 Å². The highest BCUT2D eigenvalue weighted by Gasteiger charge is 2.02. The van der Waals surface area contributed by atoms with Crippen molar-refractivity contribution in [2.45, 2.75) is 13.3 Å². The second kappa shape index (κ2) is 7.42. The number of rotatable bonds is 6. The molecule has 0 saturated carbocycles. The summed E-state index contributed by atoms with van der Waals surface area (Å²) in [6, 6.07) is 7.51. The van der Waals surface area contributed by atoms with Gasteiger partial charge in [-0.3, -0.25) is 0 Å². The molecule has 1 aromatic carbocycles. The second-order valence-electron chi connectivity index (χ2n) is 3.10. The molecular formula is C12H14Cl2O2. The van der Waals surface area contributed by atoms with Crippen molar-refractivity contribution in [2.75, 3.05) is 13.2 Å². The molecule has 16 heavy (non-hydrogen) atoms. The SMILES string of the molecule is CCCOc1ccccc1OCC=C(Cl)Cl. The summed E-state index contributed by atoms with van der Waals surface area (Å²) in [7, 11) is 0. The zero-order valence-electron chi connectivity index (χ0n) is 9.08. The van der Waals surface area contributed by atoms with Crippen molar-refractivity contribution < 1.29 is 9.47 Å². The van der Waals surface area contributed by atoms with Gasteiger partial charge in [0.2, 0.25) is 0 Å². The summed E-state index contributed by atoms with van der Waals surface area (Å²) in [5, 5.41) is 0. The Morgan fingerprint density at radius 1 is 1.19 bits per heavy atom. The van der Waals surface area contributed by atoms with Crippen LogP contribution in [0.15, 0.2) is 34.8 Å². The van der Waals surface area contributed by atoms with Crippen LogP contribution in [0.2, 0.25) is 0 Å². The van der Waals surface area contributed by atoms with Gasteiger partial charge in [0, 0.05) is 0 Å². The molecule has 0 saturated heterocycles. The fourth-order valence-corrected chi connectivity index (χ4v) is 1.22. The van der Waals surface area contributed by atoms with Crippen LogP contribution in [-0.2, 0) is 0 Å². The maximum absolute atomic E-state index is 5.53. The maximum atomic E-state index is 5.53. The Balaban J connectivity index is 2.59.